The molecule has 1 atom stereocenters. The summed E-state index contributed by atoms with van der Waals surface area (Å²) in [6.45, 7) is 4.95. The van der Waals surface area contributed by atoms with Gasteiger partial charge in [-0.3, -0.25) is 9.59 Å². The van der Waals surface area contributed by atoms with Crippen molar-refractivity contribution in [3.05, 3.63) is 90.9 Å². The van der Waals surface area contributed by atoms with Crippen LogP contribution >= 0.6 is 0 Å². The van der Waals surface area contributed by atoms with E-state index >= 15 is 0 Å². The molecule has 1 fully saturated rings. The van der Waals surface area contributed by atoms with Crippen molar-refractivity contribution in [2.75, 3.05) is 30.8 Å². The number of anilines is 2. The molecule has 8 nitrogen and oxygen atoms in total. The largest absolute Gasteiger partial charge is 0.373 e. The second-order valence-electron chi connectivity index (χ2n) is 8.62. The Labute approximate surface area is 209 Å². The number of nitrogens with zero attached hydrogens (tertiary/aromatic N) is 4. The quantitative estimate of drug-likeness (QED) is 0.396. The third-order valence-corrected chi connectivity index (χ3v) is 6.54. The van der Waals surface area contributed by atoms with Crippen LogP contribution in [0.4, 0.5) is 11.6 Å². The van der Waals surface area contributed by atoms with Crippen molar-refractivity contribution in [3.8, 4) is 11.1 Å². The number of carbonyl (C=O) groups is 2. The van der Waals surface area contributed by atoms with Crippen LogP contribution in [0.1, 0.15) is 28.3 Å². The first-order chi connectivity index (χ1) is 17.6. The highest BCUT2D eigenvalue weighted by Crippen LogP contribution is 2.38. The average Bonchev–Trinajstić information content (AvgIpc) is 3.42. The van der Waals surface area contributed by atoms with Crippen LogP contribution in [-0.2, 0) is 4.79 Å². The zero-order valence-electron chi connectivity index (χ0n) is 19.9. The number of rotatable bonds is 6. The predicted octanol–water partition coefficient (Wildman–Crippen LogP) is 4.49. The highest BCUT2D eigenvalue weighted by Gasteiger charge is 2.28. The predicted molar refractivity (Wildman–Crippen MR) is 141 cm³/mol. The number of likely N-dealkylation sites (tertiary alicyclic amines) is 1. The van der Waals surface area contributed by atoms with E-state index in [9.17, 15) is 9.59 Å². The van der Waals surface area contributed by atoms with Gasteiger partial charge in [0, 0.05) is 37.8 Å². The molecule has 4 aromatic rings. The zero-order chi connectivity index (χ0) is 25.1. The summed E-state index contributed by atoms with van der Waals surface area (Å²) in [7, 11) is 1.84. The van der Waals surface area contributed by atoms with Gasteiger partial charge in [0.1, 0.15) is 18.0 Å². The Morgan fingerprint density at radius 2 is 1.89 bits per heavy atom. The Morgan fingerprint density at radius 3 is 2.61 bits per heavy atom. The third-order valence-electron chi connectivity index (χ3n) is 6.54. The van der Waals surface area contributed by atoms with E-state index in [1.54, 1.807) is 36.8 Å². The zero-order valence-corrected chi connectivity index (χ0v) is 19.9. The molecule has 2 aromatic carbocycles. The lowest BCUT2D eigenvalue weighted by Gasteiger charge is -2.18. The number of hydrogen-bond donors (Lipinski definition) is 2. The number of aromatic nitrogens is 3. The lowest BCUT2D eigenvalue weighted by Crippen LogP contribution is -2.26. The third kappa shape index (κ3) is 4.40. The summed E-state index contributed by atoms with van der Waals surface area (Å²) in [5, 5.41) is 6.91. The SMILES string of the molecule is C=CC(=O)N1CCC(c2ccc(-c3ccc(C(=O)Nc4ccccn4)cc3)c3c(NC)ncnc23)C1. The van der Waals surface area contributed by atoms with Gasteiger partial charge in [-0.1, -0.05) is 36.9 Å². The van der Waals surface area contributed by atoms with Gasteiger partial charge in [-0.05, 0) is 53.5 Å². The molecule has 0 saturated carbocycles. The molecule has 2 amide bonds. The van der Waals surface area contributed by atoms with Gasteiger partial charge in [-0.15, -0.1) is 0 Å². The topological polar surface area (TPSA) is 100 Å². The van der Waals surface area contributed by atoms with Gasteiger partial charge in [0.15, 0.2) is 0 Å². The van der Waals surface area contributed by atoms with Crippen molar-refractivity contribution in [2.24, 2.45) is 0 Å². The van der Waals surface area contributed by atoms with E-state index in [2.05, 4.69) is 44.3 Å². The Kier molecular flexibility index (Phi) is 6.40. The van der Waals surface area contributed by atoms with Gasteiger partial charge < -0.3 is 15.5 Å². The van der Waals surface area contributed by atoms with Crippen LogP contribution in [0.2, 0.25) is 0 Å². The van der Waals surface area contributed by atoms with Crippen molar-refractivity contribution in [1.82, 2.24) is 19.9 Å². The van der Waals surface area contributed by atoms with Gasteiger partial charge in [0.2, 0.25) is 5.91 Å². The number of benzene rings is 2. The molecule has 1 saturated heterocycles. The Hall–Kier alpha value is -4.59. The lowest BCUT2D eigenvalue weighted by atomic mass is 9.91. The maximum atomic E-state index is 12.6. The molecule has 36 heavy (non-hydrogen) atoms. The molecule has 8 heteroatoms. The van der Waals surface area contributed by atoms with Crippen LogP contribution in [-0.4, -0.2) is 51.8 Å². The minimum absolute atomic E-state index is 0.0452. The van der Waals surface area contributed by atoms with E-state index in [-0.39, 0.29) is 17.7 Å². The van der Waals surface area contributed by atoms with Crippen LogP contribution in [0.3, 0.4) is 0 Å². The summed E-state index contributed by atoms with van der Waals surface area (Å²) in [6, 6.07) is 17.0. The molecule has 180 valence electrons. The molecule has 1 aliphatic heterocycles. The fraction of sp³-hybridized carbons (Fsp3) is 0.179. The van der Waals surface area contributed by atoms with Gasteiger partial charge in [-0.25, -0.2) is 15.0 Å². The van der Waals surface area contributed by atoms with Crippen LogP contribution < -0.4 is 10.6 Å². The molecule has 0 bridgehead atoms. The summed E-state index contributed by atoms with van der Waals surface area (Å²) in [4.78, 5) is 39.8. The Balaban J connectivity index is 1.49. The molecular formula is C28H26N6O2. The first-order valence-corrected chi connectivity index (χ1v) is 11.8. The van der Waals surface area contributed by atoms with Crippen LogP contribution in [0.5, 0.6) is 0 Å². The van der Waals surface area contributed by atoms with Gasteiger partial charge >= 0.3 is 0 Å². The van der Waals surface area contributed by atoms with Crippen molar-refractivity contribution in [1.29, 1.82) is 0 Å². The van der Waals surface area contributed by atoms with Crippen molar-refractivity contribution in [2.45, 2.75) is 12.3 Å². The van der Waals surface area contributed by atoms with E-state index in [1.165, 1.54) is 6.08 Å². The smallest absolute Gasteiger partial charge is 0.256 e. The van der Waals surface area contributed by atoms with Crippen LogP contribution in [0, 0.1) is 0 Å². The highest BCUT2D eigenvalue weighted by atomic mass is 16.2. The molecule has 0 spiro atoms. The minimum atomic E-state index is -0.223. The van der Waals surface area contributed by atoms with E-state index in [0.29, 0.717) is 24.5 Å². The number of hydrogen-bond acceptors (Lipinski definition) is 6. The molecular weight excluding hydrogens is 452 g/mol. The fourth-order valence-electron chi connectivity index (χ4n) is 4.72. The molecule has 3 heterocycles. The summed E-state index contributed by atoms with van der Waals surface area (Å²) < 4.78 is 0. The number of nitrogens with one attached hydrogen (secondary N) is 2. The van der Waals surface area contributed by atoms with E-state index in [0.717, 1.165) is 39.8 Å². The van der Waals surface area contributed by atoms with Crippen molar-refractivity contribution >= 4 is 34.4 Å². The molecule has 2 aromatic heterocycles. The molecule has 5 rings (SSSR count). The van der Waals surface area contributed by atoms with Gasteiger partial charge in [0.05, 0.1) is 10.9 Å². The Bertz CT molecular complexity index is 1440. The lowest BCUT2D eigenvalue weighted by molar-refractivity contribution is -0.125. The maximum Gasteiger partial charge on any atom is 0.256 e. The van der Waals surface area contributed by atoms with Gasteiger partial charge in [-0.2, -0.15) is 0 Å². The van der Waals surface area contributed by atoms with E-state index in [4.69, 9.17) is 0 Å². The normalized spacial score (nSPS) is 15.0. The van der Waals surface area contributed by atoms with Crippen molar-refractivity contribution < 1.29 is 9.59 Å². The first-order valence-electron chi connectivity index (χ1n) is 11.8. The summed E-state index contributed by atoms with van der Waals surface area (Å²) in [5.74, 6) is 1.15. The average molecular weight is 479 g/mol. The molecule has 2 N–H and O–H groups in total. The second-order valence-corrected chi connectivity index (χ2v) is 8.62. The number of pyridine rings is 1. The minimum Gasteiger partial charge on any atom is -0.373 e. The summed E-state index contributed by atoms with van der Waals surface area (Å²) >= 11 is 0. The Morgan fingerprint density at radius 1 is 1.06 bits per heavy atom. The van der Waals surface area contributed by atoms with E-state index < -0.39 is 0 Å². The van der Waals surface area contributed by atoms with Crippen LogP contribution in [0.15, 0.2) is 79.8 Å². The van der Waals surface area contributed by atoms with E-state index in [1.807, 2.05) is 30.1 Å². The van der Waals surface area contributed by atoms with Crippen molar-refractivity contribution in [3.63, 3.8) is 0 Å². The number of fused-ring (bicyclic) bond motifs is 1. The first kappa shape index (κ1) is 23.2. The second kappa shape index (κ2) is 9.95. The molecule has 0 radical (unpaired) electrons. The van der Waals surface area contributed by atoms with Gasteiger partial charge in [0.25, 0.3) is 5.91 Å². The number of amides is 2. The fourth-order valence-corrected chi connectivity index (χ4v) is 4.72. The number of carbonyl (C=O) groups excluding carboxylic acids is 2. The highest BCUT2D eigenvalue weighted by molar-refractivity contribution is 6.06. The summed E-state index contributed by atoms with van der Waals surface area (Å²) in [6.07, 6.45) is 5.43. The molecule has 1 unspecified atom stereocenters. The standard InChI is InChI=1S/C28H26N6O2/c1-3-24(35)34-15-13-20(16-34)22-12-11-21(25-26(22)31-17-32-27(25)29-2)18-7-9-19(10-8-18)28(36)33-23-6-4-5-14-30-23/h3-12,14,17,20H,1,13,15-16H2,2H3,(H,29,31,32)(H,30,33,36). The monoisotopic (exact) mass is 478 g/mol. The van der Waals surface area contributed by atoms with Crippen LogP contribution in [0.25, 0.3) is 22.0 Å². The summed E-state index contributed by atoms with van der Waals surface area (Å²) in [5.41, 5.74) is 4.41. The molecule has 0 aliphatic carbocycles. The maximum absolute atomic E-state index is 12.6. The molecule has 1 aliphatic rings.